The lowest BCUT2D eigenvalue weighted by Crippen LogP contribution is -2.51. The van der Waals surface area contributed by atoms with Crippen LogP contribution in [0.5, 0.6) is 0 Å². The standard InChI is InChI=1S/C36H45FN2O4/c1-26(2)33-25-32(27-9-5-3-6-10-27)35(28-11-13-29(37)14-12-28)39(33)18-15-30-23-31(24-34(40)38-19-21-41-22-20-38)43-36(42-30)16-7-4-8-17-36/h3,5-6,9-14,25-26,30-31H,4,7-8,15-24H2,1-2H3/t30-,31-/m1/s1. The molecule has 3 heterocycles. The number of rotatable bonds is 8. The minimum absolute atomic E-state index is 0.0157. The summed E-state index contributed by atoms with van der Waals surface area (Å²) in [6.45, 7) is 7.72. The average molecular weight is 589 g/mol. The monoisotopic (exact) mass is 588 g/mol. The van der Waals surface area contributed by atoms with Gasteiger partial charge in [-0.25, -0.2) is 4.39 Å². The number of amides is 1. The zero-order valence-corrected chi connectivity index (χ0v) is 25.6. The van der Waals surface area contributed by atoms with Gasteiger partial charge in [0.05, 0.1) is 37.5 Å². The molecular weight excluding hydrogens is 543 g/mol. The summed E-state index contributed by atoms with van der Waals surface area (Å²) in [5, 5.41) is 0. The van der Waals surface area contributed by atoms with E-state index in [1.165, 1.54) is 12.1 Å². The van der Waals surface area contributed by atoms with Crippen LogP contribution in [0.1, 0.15) is 76.8 Å². The maximum atomic E-state index is 14.0. The van der Waals surface area contributed by atoms with Crippen LogP contribution in [-0.4, -0.2) is 59.7 Å². The Balaban J connectivity index is 1.28. The molecule has 0 N–H and O–H groups in total. The second kappa shape index (κ2) is 13.3. The van der Waals surface area contributed by atoms with Gasteiger partial charge in [0.1, 0.15) is 5.82 Å². The summed E-state index contributed by atoms with van der Waals surface area (Å²) < 4.78 is 35.3. The van der Waals surface area contributed by atoms with Crippen molar-refractivity contribution in [3.8, 4) is 22.4 Å². The molecule has 0 bridgehead atoms. The van der Waals surface area contributed by atoms with Crippen LogP contribution in [0.25, 0.3) is 22.4 Å². The van der Waals surface area contributed by atoms with Crippen LogP contribution >= 0.6 is 0 Å². The van der Waals surface area contributed by atoms with E-state index in [2.05, 4.69) is 48.7 Å². The first-order valence-electron chi connectivity index (χ1n) is 16.2. The fourth-order valence-corrected chi connectivity index (χ4v) is 7.11. The number of ether oxygens (including phenoxy) is 3. The number of morpholine rings is 1. The van der Waals surface area contributed by atoms with Crippen LogP contribution in [-0.2, 0) is 25.5 Å². The van der Waals surface area contributed by atoms with Crippen molar-refractivity contribution in [3.63, 3.8) is 0 Å². The van der Waals surface area contributed by atoms with Crippen molar-refractivity contribution in [3.05, 3.63) is 72.2 Å². The minimum atomic E-state index is -0.594. The zero-order chi connectivity index (χ0) is 29.8. The lowest BCUT2D eigenvalue weighted by Gasteiger charge is -2.47. The van der Waals surface area contributed by atoms with E-state index in [0.717, 1.165) is 61.0 Å². The number of benzene rings is 2. The third kappa shape index (κ3) is 6.89. The molecule has 43 heavy (non-hydrogen) atoms. The molecule has 0 unspecified atom stereocenters. The first-order valence-corrected chi connectivity index (χ1v) is 16.2. The van der Waals surface area contributed by atoms with Gasteiger partial charge in [-0.2, -0.15) is 0 Å². The highest BCUT2D eigenvalue weighted by Gasteiger charge is 2.44. The molecule has 6 nitrogen and oxygen atoms in total. The molecule has 2 aromatic carbocycles. The highest BCUT2D eigenvalue weighted by Crippen LogP contribution is 2.42. The lowest BCUT2D eigenvalue weighted by molar-refractivity contribution is -0.329. The topological polar surface area (TPSA) is 52.9 Å². The van der Waals surface area contributed by atoms with Crippen molar-refractivity contribution < 1.29 is 23.4 Å². The van der Waals surface area contributed by atoms with Gasteiger partial charge in [0.2, 0.25) is 5.91 Å². The molecule has 6 rings (SSSR count). The number of carbonyl (C=O) groups is 1. The van der Waals surface area contributed by atoms with E-state index in [1.54, 1.807) is 12.1 Å². The molecular formula is C36H45FN2O4. The molecule has 1 aromatic heterocycles. The molecule has 2 atom stereocenters. The molecule has 0 radical (unpaired) electrons. The first-order chi connectivity index (χ1) is 20.9. The summed E-state index contributed by atoms with van der Waals surface area (Å²) >= 11 is 0. The molecule has 3 aromatic rings. The second-order valence-electron chi connectivity index (χ2n) is 12.7. The van der Waals surface area contributed by atoms with Crippen molar-refractivity contribution in [2.45, 2.75) is 95.7 Å². The highest BCUT2D eigenvalue weighted by atomic mass is 19.1. The predicted molar refractivity (Wildman–Crippen MR) is 166 cm³/mol. The third-order valence-electron chi connectivity index (χ3n) is 9.27. The Bertz CT molecular complexity index is 1360. The van der Waals surface area contributed by atoms with Crippen LogP contribution in [0.2, 0.25) is 0 Å². The van der Waals surface area contributed by atoms with Gasteiger partial charge in [0, 0.05) is 50.2 Å². The quantitative estimate of drug-likeness (QED) is 0.273. The van der Waals surface area contributed by atoms with Gasteiger partial charge in [-0.1, -0.05) is 50.6 Å². The number of nitrogens with zero attached hydrogens (tertiary/aromatic N) is 2. The highest BCUT2D eigenvalue weighted by molar-refractivity contribution is 5.83. The van der Waals surface area contributed by atoms with E-state index < -0.39 is 5.79 Å². The van der Waals surface area contributed by atoms with E-state index in [4.69, 9.17) is 14.2 Å². The Morgan fingerprint density at radius 2 is 1.63 bits per heavy atom. The van der Waals surface area contributed by atoms with E-state index >= 15 is 0 Å². The van der Waals surface area contributed by atoms with Gasteiger partial charge in [-0.3, -0.25) is 4.79 Å². The third-order valence-corrected chi connectivity index (χ3v) is 9.27. The summed E-state index contributed by atoms with van der Waals surface area (Å²) in [5.41, 5.74) is 5.65. The summed E-state index contributed by atoms with van der Waals surface area (Å²) in [4.78, 5) is 15.1. The van der Waals surface area contributed by atoms with Crippen LogP contribution in [0, 0.1) is 5.82 Å². The van der Waals surface area contributed by atoms with Gasteiger partial charge >= 0.3 is 0 Å². The summed E-state index contributed by atoms with van der Waals surface area (Å²) in [6, 6.07) is 19.6. The molecule has 2 saturated heterocycles. The SMILES string of the molecule is CC(C)c1cc(-c2ccccc2)c(-c2ccc(F)cc2)n1CC[C@@H]1C[C@H](CC(=O)N2CCOCC2)OC2(CCCCC2)O1. The van der Waals surface area contributed by atoms with E-state index in [1.807, 2.05) is 23.1 Å². The average Bonchev–Trinajstić information content (AvgIpc) is 3.41. The van der Waals surface area contributed by atoms with Crippen molar-refractivity contribution in [1.29, 1.82) is 0 Å². The van der Waals surface area contributed by atoms with Crippen molar-refractivity contribution >= 4 is 5.91 Å². The predicted octanol–water partition coefficient (Wildman–Crippen LogP) is 7.56. The summed E-state index contributed by atoms with van der Waals surface area (Å²) in [5.74, 6) is -0.378. The van der Waals surface area contributed by atoms with E-state index in [9.17, 15) is 9.18 Å². The summed E-state index contributed by atoms with van der Waals surface area (Å²) in [6.07, 6.45) is 6.86. The molecule has 3 fully saturated rings. The number of carbonyl (C=O) groups excluding carboxylic acids is 1. The Morgan fingerprint density at radius 1 is 0.930 bits per heavy atom. The minimum Gasteiger partial charge on any atom is -0.378 e. The Kier molecular flexibility index (Phi) is 9.31. The maximum absolute atomic E-state index is 14.0. The lowest BCUT2D eigenvalue weighted by atomic mass is 9.91. The van der Waals surface area contributed by atoms with Gasteiger partial charge in [0.15, 0.2) is 5.79 Å². The van der Waals surface area contributed by atoms with Crippen molar-refractivity contribution in [2.24, 2.45) is 0 Å². The first kappa shape index (κ1) is 30.0. The van der Waals surface area contributed by atoms with Crippen molar-refractivity contribution in [2.75, 3.05) is 26.3 Å². The normalized spacial score (nSPS) is 22.3. The molecule has 1 amide bonds. The molecule has 1 saturated carbocycles. The number of aromatic nitrogens is 1. The Hall–Kier alpha value is -3.00. The second-order valence-corrected chi connectivity index (χ2v) is 12.7. The Morgan fingerprint density at radius 3 is 2.33 bits per heavy atom. The zero-order valence-electron chi connectivity index (χ0n) is 25.6. The molecule has 1 aliphatic carbocycles. The van der Waals surface area contributed by atoms with Crippen molar-refractivity contribution in [1.82, 2.24) is 9.47 Å². The Labute approximate surface area is 255 Å². The van der Waals surface area contributed by atoms with Crippen LogP contribution in [0.4, 0.5) is 4.39 Å². The van der Waals surface area contributed by atoms with Crippen LogP contribution in [0.15, 0.2) is 60.7 Å². The molecule has 3 aliphatic rings. The molecule has 2 aliphatic heterocycles. The molecule has 230 valence electrons. The molecule has 1 spiro atoms. The number of hydrogen-bond acceptors (Lipinski definition) is 4. The summed E-state index contributed by atoms with van der Waals surface area (Å²) in [7, 11) is 0. The van der Waals surface area contributed by atoms with E-state index in [-0.39, 0.29) is 23.9 Å². The van der Waals surface area contributed by atoms with Gasteiger partial charge < -0.3 is 23.7 Å². The largest absolute Gasteiger partial charge is 0.378 e. The number of halogens is 1. The van der Waals surface area contributed by atoms with Gasteiger partial charge in [0.25, 0.3) is 0 Å². The van der Waals surface area contributed by atoms with Gasteiger partial charge in [-0.15, -0.1) is 0 Å². The maximum Gasteiger partial charge on any atom is 0.225 e. The smallest absolute Gasteiger partial charge is 0.225 e. The fourth-order valence-electron chi connectivity index (χ4n) is 7.11. The van der Waals surface area contributed by atoms with Crippen LogP contribution in [0.3, 0.4) is 0 Å². The van der Waals surface area contributed by atoms with Gasteiger partial charge in [-0.05, 0) is 66.6 Å². The number of hydrogen-bond donors (Lipinski definition) is 0. The van der Waals surface area contributed by atoms with Crippen LogP contribution < -0.4 is 0 Å². The fraction of sp³-hybridized carbons (Fsp3) is 0.528. The van der Waals surface area contributed by atoms with E-state index in [0.29, 0.717) is 45.1 Å². The molecule has 7 heteroatoms.